The maximum absolute atomic E-state index is 13.9. The van der Waals surface area contributed by atoms with Crippen LogP contribution in [0.15, 0.2) is 0 Å². The zero-order chi connectivity index (χ0) is 42.3. The van der Waals surface area contributed by atoms with Crippen molar-refractivity contribution in [3.05, 3.63) is 0 Å². The first-order chi connectivity index (χ1) is 27.4. The Morgan fingerprint density at radius 1 is 0.544 bits per heavy atom. The molecular formula is C44H82N2O11. The van der Waals surface area contributed by atoms with E-state index < -0.39 is 73.7 Å². The van der Waals surface area contributed by atoms with Crippen LogP contribution >= 0.6 is 0 Å². The summed E-state index contributed by atoms with van der Waals surface area (Å²) in [5, 5.41) is 54.7. The molecular weight excluding hydrogens is 732 g/mol. The van der Waals surface area contributed by atoms with Crippen molar-refractivity contribution in [3.8, 4) is 0 Å². The Hall–Kier alpha value is -2.32. The van der Waals surface area contributed by atoms with Gasteiger partial charge in [0.15, 0.2) is 6.29 Å². The second-order valence-electron chi connectivity index (χ2n) is 16.5. The highest BCUT2D eigenvalue weighted by Crippen LogP contribution is 2.23. The predicted octanol–water partition coefficient (Wildman–Crippen LogP) is 7.55. The number of aliphatic carboxylic acids is 2. The summed E-state index contributed by atoms with van der Waals surface area (Å²) in [4.78, 5) is 50.5. The molecule has 1 saturated heterocycles. The minimum absolute atomic E-state index is 0.365. The van der Waals surface area contributed by atoms with Gasteiger partial charge in [0.25, 0.3) is 0 Å². The molecule has 0 aromatic heterocycles. The Kier molecular flexibility index (Phi) is 31.0. The van der Waals surface area contributed by atoms with Crippen LogP contribution in [0.1, 0.15) is 201 Å². The van der Waals surface area contributed by atoms with Gasteiger partial charge in [-0.3, -0.25) is 14.4 Å². The van der Waals surface area contributed by atoms with Crippen LogP contribution in [0.25, 0.3) is 0 Å². The summed E-state index contributed by atoms with van der Waals surface area (Å²) < 4.78 is 11.2. The number of aliphatic hydroxyl groups is 3. The van der Waals surface area contributed by atoms with Crippen LogP contribution in [0, 0.1) is 5.92 Å². The van der Waals surface area contributed by atoms with Crippen molar-refractivity contribution in [1.82, 2.24) is 10.6 Å². The van der Waals surface area contributed by atoms with Crippen LogP contribution in [0.3, 0.4) is 0 Å². The number of carbonyl (C=O) groups is 4. The molecule has 0 saturated carbocycles. The average molecular weight is 815 g/mol. The van der Waals surface area contributed by atoms with Crippen molar-refractivity contribution in [2.24, 2.45) is 5.92 Å². The van der Waals surface area contributed by atoms with Crippen LogP contribution in [0.5, 0.6) is 0 Å². The second-order valence-corrected chi connectivity index (χ2v) is 16.5. The smallest absolute Gasteiger partial charge is 0.326 e. The molecule has 0 bridgehead atoms. The van der Waals surface area contributed by atoms with Gasteiger partial charge in [-0.1, -0.05) is 168 Å². The molecule has 0 spiro atoms. The summed E-state index contributed by atoms with van der Waals surface area (Å²) >= 11 is 0. The normalized spacial score (nSPS) is 20.6. The van der Waals surface area contributed by atoms with Gasteiger partial charge in [0.05, 0.1) is 12.7 Å². The van der Waals surface area contributed by atoms with Gasteiger partial charge < -0.3 is 45.6 Å². The Labute approximate surface area is 343 Å². The molecule has 0 aliphatic carbocycles. The number of nitrogens with one attached hydrogen (secondary N) is 2. The molecule has 334 valence electrons. The lowest BCUT2D eigenvalue weighted by molar-refractivity contribution is -0.293. The lowest BCUT2D eigenvalue weighted by Gasteiger charge is -2.39. The van der Waals surface area contributed by atoms with Gasteiger partial charge in [0.1, 0.15) is 30.4 Å². The van der Waals surface area contributed by atoms with E-state index in [1.165, 1.54) is 110 Å². The molecule has 13 nitrogen and oxygen atoms in total. The third-order valence-electron chi connectivity index (χ3n) is 11.3. The Bertz CT molecular complexity index is 1040. The summed E-state index contributed by atoms with van der Waals surface area (Å²) in [7, 11) is 0. The Balaban J connectivity index is 2.89. The number of rotatable bonds is 37. The fraction of sp³-hybridized carbons (Fsp3) is 0.909. The van der Waals surface area contributed by atoms with Crippen molar-refractivity contribution < 1.29 is 54.2 Å². The molecule has 1 aliphatic heterocycles. The number of aliphatic hydroxyl groups excluding tert-OH is 3. The number of amides is 2. The molecule has 1 rings (SSSR count). The molecule has 2 amide bonds. The molecule has 1 fully saturated rings. The van der Waals surface area contributed by atoms with E-state index in [-0.39, 0.29) is 18.2 Å². The summed E-state index contributed by atoms with van der Waals surface area (Å²) in [6.07, 6.45) is 22.2. The van der Waals surface area contributed by atoms with Crippen LogP contribution in [-0.4, -0.2) is 98.7 Å². The van der Waals surface area contributed by atoms with Gasteiger partial charge in [-0.2, -0.15) is 0 Å². The van der Waals surface area contributed by atoms with Crippen molar-refractivity contribution in [3.63, 3.8) is 0 Å². The highest BCUT2D eigenvalue weighted by Gasteiger charge is 2.43. The highest BCUT2D eigenvalue weighted by atomic mass is 16.7. The topological polar surface area (TPSA) is 212 Å². The third kappa shape index (κ3) is 25.0. The maximum atomic E-state index is 13.9. The maximum Gasteiger partial charge on any atom is 0.326 e. The molecule has 0 aromatic rings. The van der Waals surface area contributed by atoms with Crippen LogP contribution in [0.4, 0.5) is 0 Å². The fourth-order valence-electron chi connectivity index (χ4n) is 7.48. The molecule has 1 aliphatic rings. The van der Waals surface area contributed by atoms with Crippen molar-refractivity contribution >= 4 is 23.8 Å². The van der Waals surface area contributed by atoms with E-state index in [0.717, 1.165) is 51.4 Å². The number of carboxylic acid groups (broad SMARTS) is 2. The van der Waals surface area contributed by atoms with E-state index in [9.17, 15) is 39.6 Å². The molecule has 7 N–H and O–H groups in total. The van der Waals surface area contributed by atoms with Gasteiger partial charge in [0.2, 0.25) is 11.8 Å². The zero-order valence-corrected chi connectivity index (χ0v) is 35.8. The van der Waals surface area contributed by atoms with Crippen LogP contribution in [-0.2, 0) is 28.7 Å². The molecule has 57 heavy (non-hydrogen) atoms. The lowest BCUT2D eigenvalue weighted by Crippen LogP contribution is -2.59. The largest absolute Gasteiger partial charge is 0.481 e. The first kappa shape index (κ1) is 52.7. The number of hydrogen-bond acceptors (Lipinski definition) is 9. The van der Waals surface area contributed by atoms with Gasteiger partial charge in [-0.25, -0.2) is 4.79 Å². The quantitative estimate of drug-likeness (QED) is 0.0304. The van der Waals surface area contributed by atoms with Gasteiger partial charge >= 0.3 is 11.9 Å². The first-order valence-electron chi connectivity index (χ1n) is 22.8. The van der Waals surface area contributed by atoms with Gasteiger partial charge in [0, 0.05) is 12.3 Å². The highest BCUT2D eigenvalue weighted by molar-refractivity contribution is 5.91. The summed E-state index contributed by atoms with van der Waals surface area (Å²) in [5.41, 5.74) is 0. The SMILES string of the molecule is CCCCCCCCCCCCCCC(CCCCCCCCCCCCCC)C(=O)N[C@@H](CO[C@H]1O[C@@H](C)[C@@H](O)[C@@H](O)[C@@H]1O)C(=O)N[C@@H](CCC(=O)O)C(=O)O. The average Bonchev–Trinajstić information content (AvgIpc) is 3.18. The summed E-state index contributed by atoms with van der Waals surface area (Å²) in [5.74, 6) is -4.29. The second kappa shape index (κ2) is 33.5. The van der Waals surface area contributed by atoms with E-state index in [1.54, 1.807) is 0 Å². The fourth-order valence-corrected chi connectivity index (χ4v) is 7.48. The Morgan fingerprint density at radius 3 is 1.35 bits per heavy atom. The number of carboxylic acids is 2. The monoisotopic (exact) mass is 815 g/mol. The Morgan fingerprint density at radius 2 is 0.947 bits per heavy atom. The molecule has 13 heteroatoms. The minimum Gasteiger partial charge on any atom is -0.481 e. The number of carbonyl (C=O) groups excluding carboxylic acids is 2. The lowest BCUT2D eigenvalue weighted by atomic mass is 9.92. The number of unbranched alkanes of at least 4 members (excludes halogenated alkanes) is 22. The molecule has 1 heterocycles. The van der Waals surface area contributed by atoms with E-state index >= 15 is 0 Å². The molecule has 0 aromatic carbocycles. The van der Waals surface area contributed by atoms with Gasteiger partial charge in [-0.05, 0) is 26.2 Å². The zero-order valence-electron chi connectivity index (χ0n) is 35.8. The van der Waals surface area contributed by atoms with Crippen molar-refractivity contribution in [1.29, 1.82) is 0 Å². The number of hydrogen-bond donors (Lipinski definition) is 7. The van der Waals surface area contributed by atoms with Crippen LogP contribution in [0.2, 0.25) is 0 Å². The van der Waals surface area contributed by atoms with E-state index in [4.69, 9.17) is 14.6 Å². The summed E-state index contributed by atoms with van der Waals surface area (Å²) in [6.45, 7) is 5.41. The predicted molar refractivity (Wildman–Crippen MR) is 222 cm³/mol. The van der Waals surface area contributed by atoms with Crippen LogP contribution < -0.4 is 10.6 Å². The molecule has 0 radical (unpaired) electrons. The summed E-state index contributed by atoms with van der Waals surface area (Å²) in [6, 6.07) is -2.94. The standard InChI is InChI=1S/C44H82N2O11/c1-4-6-8-10-12-14-16-18-20-22-24-26-28-34(29-27-25-23-21-19-17-15-13-11-9-7-5-2)41(52)46-36(42(53)45-35(43(54)55)30-31-37(47)48)32-56-44-40(51)39(50)38(49)33(3)57-44/h33-36,38-40,44,49-51H,4-32H2,1-3H3,(H,45,53)(H,46,52)(H,47,48)(H,54,55)/t33-,35-,36-,38+,39+,40-,44-/m0/s1. The number of ether oxygens (including phenoxy) is 2. The third-order valence-corrected chi connectivity index (χ3v) is 11.3. The minimum atomic E-state index is -1.65. The van der Waals surface area contributed by atoms with E-state index in [1.807, 2.05) is 0 Å². The van der Waals surface area contributed by atoms with Gasteiger partial charge in [-0.15, -0.1) is 0 Å². The van der Waals surface area contributed by atoms with E-state index in [0.29, 0.717) is 12.8 Å². The van der Waals surface area contributed by atoms with Crippen molar-refractivity contribution in [2.45, 2.75) is 243 Å². The first-order valence-corrected chi connectivity index (χ1v) is 22.8. The van der Waals surface area contributed by atoms with E-state index in [2.05, 4.69) is 24.5 Å². The molecule has 7 atom stereocenters. The molecule has 0 unspecified atom stereocenters. The van der Waals surface area contributed by atoms with Crippen molar-refractivity contribution in [2.75, 3.05) is 6.61 Å².